The van der Waals surface area contributed by atoms with E-state index in [0.717, 1.165) is 18.7 Å². The van der Waals surface area contributed by atoms with E-state index in [0.29, 0.717) is 11.8 Å². The molecule has 1 atom stereocenters. The molecule has 0 bridgehead atoms. The first-order valence-corrected chi connectivity index (χ1v) is 6.22. The Balaban J connectivity index is 2.18. The first kappa shape index (κ1) is 11.5. The summed E-state index contributed by atoms with van der Waals surface area (Å²) in [4.78, 5) is 2.47. The van der Waals surface area contributed by atoms with Crippen LogP contribution in [-0.4, -0.2) is 23.1 Å². The quantitative estimate of drug-likeness (QED) is 0.825. The second kappa shape index (κ2) is 4.88. The molecule has 0 spiro atoms. The van der Waals surface area contributed by atoms with E-state index in [1.807, 2.05) is 12.1 Å². The molecule has 1 unspecified atom stereocenters. The lowest BCUT2D eigenvalue weighted by molar-refractivity contribution is 0.172. The van der Waals surface area contributed by atoms with Crippen molar-refractivity contribution in [2.24, 2.45) is 0 Å². The van der Waals surface area contributed by atoms with Gasteiger partial charge in [-0.1, -0.05) is 24.1 Å². The Hall–Kier alpha value is -1.02. The molecule has 1 aromatic rings. The zero-order valence-corrected chi connectivity index (χ0v) is 10.2. The molecule has 0 aromatic heterocycles. The van der Waals surface area contributed by atoms with Crippen molar-refractivity contribution < 1.29 is 5.11 Å². The molecule has 1 heterocycles. The second-order valence-corrected chi connectivity index (χ2v) is 4.83. The summed E-state index contributed by atoms with van der Waals surface area (Å²) in [5.41, 5.74) is 2.29. The summed E-state index contributed by atoms with van der Waals surface area (Å²) in [7, 11) is 0. The fraction of sp³-hybridized carbons (Fsp3) is 0.571. The monoisotopic (exact) mass is 219 g/mol. The SMILES string of the molecule is Cc1ccc(O)c(C(C)N2CCCCC2)c1. The van der Waals surface area contributed by atoms with Crippen LogP contribution in [0.2, 0.25) is 0 Å². The van der Waals surface area contributed by atoms with E-state index in [-0.39, 0.29) is 0 Å². The van der Waals surface area contributed by atoms with Crippen molar-refractivity contribution in [1.29, 1.82) is 0 Å². The number of rotatable bonds is 2. The lowest BCUT2D eigenvalue weighted by Gasteiger charge is -2.33. The van der Waals surface area contributed by atoms with Crippen LogP contribution < -0.4 is 0 Å². The highest BCUT2D eigenvalue weighted by atomic mass is 16.3. The minimum absolute atomic E-state index is 0.334. The van der Waals surface area contributed by atoms with Gasteiger partial charge >= 0.3 is 0 Å². The summed E-state index contributed by atoms with van der Waals surface area (Å²) >= 11 is 0. The van der Waals surface area contributed by atoms with Crippen molar-refractivity contribution in [3.63, 3.8) is 0 Å². The zero-order chi connectivity index (χ0) is 11.5. The van der Waals surface area contributed by atoms with Crippen LogP contribution in [-0.2, 0) is 0 Å². The number of nitrogens with zero attached hydrogens (tertiary/aromatic N) is 1. The molecule has 2 rings (SSSR count). The highest BCUT2D eigenvalue weighted by Crippen LogP contribution is 2.30. The maximum absolute atomic E-state index is 9.91. The van der Waals surface area contributed by atoms with E-state index < -0.39 is 0 Å². The predicted molar refractivity (Wildman–Crippen MR) is 66.7 cm³/mol. The van der Waals surface area contributed by atoms with Gasteiger partial charge in [-0.05, 0) is 45.8 Å². The molecule has 1 aliphatic rings. The average molecular weight is 219 g/mol. The fourth-order valence-corrected chi connectivity index (χ4v) is 2.51. The Morgan fingerprint density at radius 2 is 1.88 bits per heavy atom. The lowest BCUT2D eigenvalue weighted by Crippen LogP contribution is -2.32. The Morgan fingerprint density at radius 3 is 2.56 bits per heavy atom. The number of aromatic hydroxyl groups is 1. The average Bonchev–Trinajstić information content (AvgIpc) is 2.32. The van der Waals surface area contributed by atoms with E-state index >= 15 is 0 Å². The summed E-state index contributed by atoms with van der Waals surface area (Å²) < 4.78 is 0. The third-order valence-corrected chi connectivity index (χ3v) is 3.57. The van der Waals surface area contributed by atoms with E-state index in [2.05, 4.69) is 24.8 Å². The molecular weight excluding hydrogens is 198 g/mol. The Kier molecular flexibility index (Phi) is 3.49. The number of phenols is 1. The van der Waals surface area contributed by atoms with Crippen molar-refractivity contribution in [3.05, 3.63) is 29.3 Å². The number of hydrogen-bond acceptors (Lipinski definition) is 2. The first-order chi connectivity index (χ1) is 7.68. The molecule has 1 N–H and O–H groups in total. The lowest BCUT2D eigenvalue weighted by atomic mass is 10.0. The van der Waals surface area contributed by atoms with E-state index in [9.17, 15) is 5.11 Å². The van der Waals surface area contributed by atoms with Gasteiger partial charge in [0.1, 0.15) is 5.75 Å². The highest BCUT2D eigenvalue weighted by Gasteiger charge is 2.20. The van der Waals surface area contributed by atoms with Crippen molar-refractivity contribution in [2.75, 3.05) is 13.1 Å². The number of likely N-dealkylation sites (tertiary alicyclic amines) is 1. The van der Waals surface area contributed by atoms with Gasteiger partial charge in [0.15, 0.2) is 0 Å². The van der Waals surface area contributed by atoms with Gasteiger partial charge in [0.2, 0.25) is 0 Å². The number of piperidine rings is 1. The minimum atomic E-state index is 0.334. The van der Waals surface area contributed by atoms with E-state index in [1.54, 1.807) is 0 Å². The van der Waals surface area contributed by atoms with Crippen LogP contribution in [0.5, 0.6) is 5.75 Å². The van der Waals surface area contributed by atoms with Gasteiger partial charge in [0.05, 0.1) is 0 Å². The smallest absolute Gasteiger partial charge is 0.120 e. The van der Waals surface area contributed by atoms with Crippen molar-refractivity contribution in [1.82, 2.24) is 4.90 Å². The molecule has 1 saturated heterocycles. The summed E-state index contributed by atoms with van der Waals surface area (Å²) in [6.07, 6.45) is 3.93. The Labute approximate surface area is 97.9 Å². The number of hydrogen-bond donors (Lipinski definition) is 1. The topological polar surface area (TPSA) is 23.5 Å². The molecule has 0 saturated carbocycles. The summed E-state index contributed by atoms with van der Waals surface area (Å²) in [5, 5.41) is 9.91. The molecule has 88 valence electrons. The third-order valence-electron chi connectivity index (χ3n) is 3.57. The Bertz CT molecular complexity index is 356. The molecule has 0 radical (unpaired) electrons. The maximum Gasteiger partial charge on any atom is 0.120 e. The molecule has 0 aliphatic carbocycles. The molecular formula is C14H21NO. The highest BCUT2D eigenvalue weighted by molar-refractivity contribution is 5.37. The van der Waals surface area contributed by atoms with Crippen LogP contribution in [0.3, 0.4) is 0 Å². The van der Waals surface area contributed by atoms with Gasteiger partial charge in [-0.25, -0.2) is 0 Å². The van der Waals surface area contributed by atoms with E-state index in [1.165, 1.54) is 24.8 Å². The molecule has 1 aromatic carbocycles. The first-order valence-electron chi connectivity index (χ1n) is 6.22. The van der Waals surface area contributed by atoms with Gasteiger partial charge in [-0.15, -0.1) is 0 Å². The van der Waals surface area contributed by atoms with Crippen molar-refractivity contribution in [2.45, 2.75) is 39.2 Å². The number of aryl methyl sites for hydroxylation is 1. The standard InChI is InChI=1S/C14H21NO/c1-11-6-7-14(16)13(10-11)12(2)15-8-4-3-5-9-15/h6-7,10,12,16H,3-5,8-9H2,1-2H3. The second-order valence-electron chi connectivity index (χ2n) is 4.83. The van der Waals surface area contributed by atoms with Crippen LogP contribution in [0.1, 0.15) is 43.4 Å². The number of phenolic OH excluding ortho intramolecular Hbond substituents is 1. The van der Waals surface area contributed by atoms with Crippen LogP contribution >= 0.6 is 0 Å². The van der Waals surface area contributed by atoms with Gasteiger partial charge in [0.25, 0.3) is 0 Å². The van der Waals surface area contributed by atoms with Gasteiger partial charge < -0.3 is 5.11 Å². The largest absolute Gasteiger partial charge is 0.508 e. The molecule has 0 amide bonds. The van der Waals surface area contributed by atoms with Crippen LogP contribution in [0.4, 0.5) is 0 Å². The molecule has 1 aliphatic heterocycles. The fourth-order valence-electron chi connectivity index (χ4n) is 2.51. The van der Waals surface area contributed by atoms with Crippen LogP contribution in [0.15, 0.2) is 18.2 Å². The van der Waals surface area contributed by atoms with Crippen LogP contribution in [0.25, 0.3) is 0 Å². The normalized spacial score (nSPS) is 19.6. The van der Waals surface area contributed by atoms with Crippen molar-refractivity contribution in [3.8, 4) is 5.75 Å². The third kappa shape index (κ3) is 2.38. The molecule has 16 heavy (non-hydrogen) atoms. The Morgan fingerprint density at radius 1 is 1.19 bits per heavy atom. The zero-order valence-electron chi connectivity index (χ0n) is 10.2. The summed E-state index contributed by atoms with van der Waals surface area (Å²) in [6, 6.07) is 6.21. The predicted octanol–water partition coefficient (Wildman–Crippen LogP) is 3.25. The number of benzene rings is 1. The van der Waals surface area contributed by atoms with E-state index in [4.69, 9.17) is 0 Å². The summed E-state index contributed by atoms with van der Waals surface area (Å²) in [6.45, 7) is 6.59. The van der Waals surface area contributed by atoms with Gasteiger partial charge in [-0.3, -0.25) is 4.90 Å². The van der Waals surface area contributed by atoms with Gasteiger partial charge in [-0.2, -0.15) is 0 Å². The molecule has 2 heteroatoms. The van der Waals surface area contributed by atoms with Gasteiger partial charge in [0, 0.05) is 11.6 Å². The minimum Gasteiger partial charge on any atom is -0.508 e. The maximum atomic E-state index is 9.91. The van der Waals surface area contributed by atoms with Crippen LogP contribution in [0, 0.1) is 6.92 Å². The van der Waals surface area contributed by atoms with Crippen molar-refractivity contribution >= 4 is 0 Å². The molecule has 2 nitrogen and oxygen atoms in total. The summed E-state index contributed by atoms with van der Waals surface area (Å²) in [5.74, 6) is 0.434. The molecule has 1 fully saturated rings.